The van der Waals surface area contributed by atoms with Crippen molar-refractivity contribution >= 4 is 52.0 Å². The van der Waals surface area contributed by atoms with E-state index >= 15 is 0 Å². The molecule has 4 aromatic rings. The molecule has 17 nitrogen and oxygen atoms in total. The molecule has 3 fully saturated rings. The molecule has 6 heterocycles. The zero-order chi connectivity index (χ0) is 48.9. The van der Waals surface area contributed by atoms with Gasteiger partial charge in [-0.1, -0.05) is 40.3 Å². The highest BCUT2D eigenvalue weighted by molar-refractivity contribution is 7.10. The molecule has 3 aromatic heterocycles. The number of aliphatic hydroxyl groups is 1. The summed E-state index contributed by atoms with van der Waals surface area (Å²) in [5.74, 6) is -2.58. The van der Waals surface area contributed by atoms with E-state index in [1.165, 1.54) is 27.3 Å². The fourth-order valence-electron chi connectivity index (χ4n) is 10.3. The molecule has 1 spiro atoms. The molecule has 1 aromatic carbocycles. The summed E-state index contributed by atoms with van der Waals surface area (Å²) in [4.78, 5) is 84.9. The largest absolute Gasteiger partial charge is 0.462 e. The molecule has 3 N–H and O–H groups in total. The van der Waals surface area contributed by atoms with Gasteiger partial charge in [0.05, 0.1) is 40.3 Å². The SMILES string of the molecule is C=CC(=O)N1CCN(C(=O)N(C)[C@H](C(=O)N[C@H]2Cc3nc(cs3)-c3ccc4c(c3)c(c(-c3cccnc3[C@H](C)OC)n4CC)CC(C)(C)COC(=O)[C@@]3(O)CCCN(N3)C2=O)C(C)C)CC12CC2. The number of carbonyl (C=O) groups is 5. The molecule has 6 bridgehead atoms. The fourth-order valence-corrected chi connectivity index (χ4v) is 11.1. The molecule has 4 atom stereocenters. The number of aryl methyl sites for hydroxylation is 1. The summed E-state index contributed by atoms with van der Waals surface area (Å²) in [5, 5.41) is 19.6. The molecule has 68 heavy (non-hydrogen) atoms. The summed E-state index contributed by atoms with van der Waals surface area (Å²) >= 11 is 1.36. The maximum atomic E-state index is 14.7. The number of nitrogens with zero attached hydrogens (tertiary/aromatic N) is 7. The number of aromatic nitrogens is 3. The number of hydrazine groups is 1. The topological polar surface area (TPSA) is 192 Å². The first-order valence-electron chi connectivity index (χ1n) is 23.7. The Morgan fingerprint density at radius 1 is 1.13 bits per heavy atom. The van der Waals surface area contributed by atoms with Crippen molar-refractivity contribution in [3.8, 4) is 22.5 Å². The van der Waals surface area contributed by atoms with Crippen LogP contribution in [0, 0.1) is 11.3 Å². The number of fused-ring (bicyclic) bond motifs is 6. The molecule has 8 rings (SSSR count). The number of amides is 5. The number of pyridine rings is 1. The molecule has 3 aliphatic heterocycles. The summed E-state index contributed by atoms with van der Waals surface area (Å²) in [7, 11) is 3.25. The monoisotopic (exact) mass is 951 g/mol. The number of thiazole rings is 1. The second kappa shape index (κ2) is 19.0. The standard InChI is InChI=1S/C50H65N9O8S/c1-10-40(60)58-23-22-56(28-49(58)18-19-49)47(64)55(8)42(30(3)4)44(61)53-36-25-39-52-37(27-68-39)32-15-16-38-34(24-32)35(43(57(38)11-2)33-14-12-20-51-41(33)31(5)66-9)26-48(6,7)29-67-46(63)50(65)17-13-21-59(54-50)45(36)62/h10,12,14-16,20,24,27,30-31,36,42,54,65H,1,11,13,17-19,21-23,25-26,28-29H2,2-9H3,(H,53,61)/t31-,36-,42-,50-/m0/s1. The van der Waals surface area contributed by atoms with E-state index < -0.39 is 46.5 Å². The Hall–Kier alpha value is -5.69. The number of nitrogens with one attached hydrogen (secondary N) is 2. The molecule has 4 aliphatic rings. The molecule has 1 aliphatic carbocycles. The van der Waals surface area contributed by atoms with Crippen molar-refractivity contribution in [2.24, 2.45) is 11.3 Å². The van der Waals surface area contributed by atoms with Crippen LogP contribution in [0.1, 0.15) is 89.6 Å². The quantitative estimate of drug-likeness (QED) is 0.143. The van der Waals surface area contributed by atoms with Crippen LogP contribution >= 0.6 is 11.3 Å². The summed E-state index contributed by atoms with van der Waals surface area (Å²) in [6.07, 6.45) is 5.06. The molecule has 0 unspecified atom stereocenters. The number of piperazine rings is 1. The average Bonchev–Trinajstić information content (AvgIpc) is 3.79. The molecule has 2 saturated heterocycles. The third-order valence-corrected chi connectivity index (χ3v) is 14.9. The second-order valence-electron chi connectivity index (χ2n) is 19.9. The number of methoxy groups -OCH3 is 1. The lowest BCUT2D eigenvalue weighted by atomic mass is 9.84. The van der Waals surface area contributed by atoms with Gasteiger partial charge in [0.2, 0.25) is 17.5 Å². The van der Waals surface area contributed by atoms with E-state index in [4.69, 9.17) is 19.4 Å². The summed E-state index contributed by atoms with van der Waals surface area (Å²) in [6.45, 7) is 17.2. The number of hydrogen-bond acceptors (Lipinski definition) is 12. The molecule has 0 radical (unpaired) electrons. The van der Waals surface area contributed by atoms with Crippen LogP contribution in [-0.4, -0.2) is 139 Å². The predicted molar refractivity (Wildman–Crippen MR) is 258 cm³/mol. The van der Waals surface area contributed by atoms with Gasteiger partial charge >= 0.3 is 12.0 Å². The first-order valence-corrected chi connectivity index (χ1v) is 24.5. The van der Waals surface area contributed by atoms with Crippen molar-refractivity contribution in [3.63, 3.8) is 0 Å². The van der Waals surface area contributed by atoms with Crippen LogP contribution < -0.4 is 10.7 Å². The number of rotatable bonds is 9. The van der Waals surface area contributed by atoms with Gasteiger partial charge in [-0.3, -0.25) is 24.4 Å². The van der Waals surface area contributed by atoms with Gasteiger partial charge < -0.3 is 39.2 Å². The molecule has 5 amide bonds. The van der Waals surface area contributed by atoms with Crippen LogP contribution in [0.4, 0.5) is 4.79 Å². The lowest BCUT2D eigenvalue weighted by molar-refractivity contribution is -0.189. The van der Waals surface area contributed by atoms with Crippen molar-refractivity contribution in [1.82, 2.24) is 45.0 Å². The van der Waals surface area contributed by atoms with Crippen LogP contribution in [0.25, 0.3) is 33.4 Å². The zero-order valence-corrected chi connectivity index (χ0v) is 41.3. The minimum Gasteiger partial charge on any atom is -0.462 e. The van der Waals surface area contributed by atoms with Crippen LogP contribution in [0.5, 0.6) is 0 Å². The molecule has 1 saturated carbocycles. The highest BCUT2D eigenvalue weighted by Crippen LogP contribution is 2.45. The van der Waals surface area contributed by atoms with Crippen molar-refractivity contribution in [1.29, 1.82) is 0 Å². The third kappa shape index (κ3) is 9.27. The van der Waals surface area contributed by atoms with Crippen molar-refractivity contribution in [2.75, 3.05) is 46.9 Å². The number of benzene rings is 1. The first kappa shape index (κ1) is 48.8. The molecule has 18 heteroatoms. The number of urea groups is 1. The lowest BCUT2D eigenvalue weighted by Gasteiger charge is -2.44. The molecular weight excluding hydrogens is 887 g/mol. The second-order valence-corrected chi connectivity index (χ2v) is 20.9. The summed E-state index contributed by atoms with van der Waals surface area (Å²) in [5.41, 5.74) is 5.79. The maximum absolute atomic E-state index is 14.7. The summed E-state index contributed by atoms with van der Waals surface area (Å²) < 4.78 is 14.1. The Labute approximate surface area is 401 Å². The van der Waals surface area contributed by atoms with Crippen LogP contribution in [0.2, 0.25) is 0 Å². The van der Waals surface area contributed by atoms with E-state index in [0.29, 0.717) is 43.3 Å². The van der Waals surface area contributed by atoms with Crippen LogP contribution in [0.3, 0.4) is 0 Å². The Morgan fingerprint density at radius 3 is 2.59 bits per heavy atom. The number of ether oxygens (including phenoxy) is 2. The van der Waals surface area contributed by atoms with Crippen molar-refractivity contribution < 1.29 is 38.6 Å². The van der Waals surface area contributed by atoms with E-state index in [2.05, 4.69) is 47.0 Å². The molecule has 364 valence electrons. The van der Waals surface area contributed by atoms with Crippen LogP contribution in [-0.2, 0) is 48.0 Å². The van der Waals surface area contributed by atoms with Gasteiger partial charge in [0, 0.05) is 98.7 Å². The Morgan fingerprint density at radius 2 is 1.90 bits per heavy atom. The number of hydrogen-bond donors (Lipinski definition) is 3. The van der Waals surface area contributed by atoms with E-state index in [0.717, 1.165) is 51.8 Å². The Bertz CT molecular complexity index is 2620. The lowest BCUT2D eigenvalue weighted by Crippen LogP contribution is -2.67. The van der Waals surface area contributed by atoms with Crippen molar-refractivity contribution in [2.45, 2.75) is 116 Å². The van der Waals surface area contributed by atoms with Gasteiger partial charge in [-0.2, -0.15) is 5.43 Å². The van der Waals surface area contributed by atoms with Gasteiger partial charge in [-0.15, -0.1) is 11.3 Å². The number of carbonyl (C=O) groups excluding carboxylic acids is 5. The predicted octanol–water partition coefficient (Wildman–Crippen LogP) is 5.46. The van der Waals surface area contributed by atoms with Gasteiger partial charge in [0.25, 0.3) is 5.91 Å². The number of cyclic esters (lactones) is 1. The first-order chi connectivity index (χ1) is 32.3. The highest BCUT2D eigenvalue weighted by atomic mass is 32.1. The third-order valence-electron chi connectivity index (χ3n) is 14.1. The highest BCUT2D eigenvalue weighted by Gasteiger charge is 2.54. The van der Waals surface area contributed by atoms with E-state index in [9.17, 15) is 29.1 Å². The Kier molecular flexibility index (Phi) is 13.6. The van der Waals surface area contributed by atoms with Gasteiger partial charge in [-0.25, -0.2) is 14.6 Å². The normalized spacial score (nSPS) is 22.4. The smallest absolute Gasteiger partial charge is 0.355 e. The van der Waals surface area contributed by atoms with E-state index in [-0.39, 0.29) is 56.4 Å². The summed E-state index contributed by atoms with van der Waals surface area (Å²) in [6, 6.07) is 7.71. The van der Waals surface area contributed by atoms with E-state index in [1.807, 2.05) is 52.1 Å². The zero-order valence-electron chi connectivity index (χ0n) is 40.5. The Balaban J connectivity index is 1.15. The molecular formula is C50H65N9O8S. The number of likely N-dealkylation sites (N-methyl/N-ethyl adjacent to an activating group) is 1. The van der Waals surface area contributed by atoms with Crippen molar-refractivity contribution in [3.05, 3.63) is 70.8 Å². The van der Waals surface area contributed by atoms with E-state index in [1.54, 1.807) is 30.2 Å². The van der Waals surface area contributed by atoms with Gasteiger partial charge in [-0.05, 0) is 81.4 Å². The maximum Gasteiger partial charge on any atom is 0.355 e. The fraction of sp³-hybridized carbons (Fsp3) is 0.540. The minimum absolute atomic E-state index is 0.0130. The van der Waals surface area contributed by atoms with Gasteiger partial charge in [0.15, 0.2) is 0 Å². The van der Waals surface area contributed by atoms with Gasteiger partial charge in [0.1, 0.15) is 12.1 Å². The average molecular weight is 952 g/mol. The minimum atomic E-state index is -2.23. The van der Waals surface area contributed by atoms with Crippen LogP contribution in [0.15, 0.2) is 54.6 Å². The number of esters is 1.